The Balaban J connectivity index is 2.34. The van der Waals surface area contributed by atoms with E-state index in [-0.39, 0.29) is 6.42 Å². The lowest BCUT2D eigenvalue weighted by atomic mass is 9.99. The first kappa shape index (κ1) is 10.7. The summed E-state index contributed by atoms with van der Waals surface area (Å²) in [6.45, 7) is 0.654. The lowest BCUT2D eigenvalue weighted by molar-refractivity contribution is -0.139. The quantitative estimate of drug-likeness (QED) is 0.778. The van der Waals surface area contributed by atoms with Crippen molar-refractivity contribution in [3.05, 3.63) is 17.7 Å². The van der Waals surface area contributed by atoms with E-state index in [0.717, 1.165) is 6.42 Å². The highest BCUT2D eigenvalue weighted by Gasteiger charge is 2.29. The van der Waals surface area contributed by atoms with Crippen LogP contribution >= 0.6 is 0 Å². The third-order valence-electron chi connectivity index (χ3n) is 2.79. The molecule has 0 amide bonds. The number of rotatable bonds is 3. The van der Waals surface area contributed by atoms with Crippen LogP contribution < -0.4 is 0 Å². The summed E-state index contributed by atoms with van der Waals surface area (Å²) < 4.78 is 1.72. The molecule has 6 nitrogen and oxygen atoms in total. The third kappa shape index (κ3) is 1.78. The van der Waals surface area contributed by atoms with Gasteiger partial charge in [-0.05, 0) is 12.8 Å². The molecule has 0 aliphatic carbocycles. The largest absolute Gasteiger partial charge is 0.481 e. The van der Waals surface area contributed by atoms with Crippen molar-refractivity contribution >= 4 is 11.9 Å². The van der Waals surface area contributed by atoms with Crippen LogP contribution in [0.2, 0.25) is 0 Å². The fraction of sp³-hybridized carbons (Fsp3) is 0.500. The molecule has 1 aromatic heterocycles. The normalized spacial score (nSPS) is 19.1. The van der Waals surface area contributed by atoms with E-state index >= 15 is 0 Å². The van der Waals surface area contributed by atoms with Gasteiger partial charge in [0.2, 0.25) is 0 Å². The van der Waals surface area contributed by atoms with E-state index in [4.69, 9.17) is 10.2 Å². The second-order valence-corrected chi connectivity index (χ2v) is 3.86. The summed E-state index contributed by atoms with van der Waals surface area (Å²) in [6, 6.07) is 0. The number of hydrogen-bond acceptors (Lipinski definition) is 3. The fourth-order valence-corrected chi connectivity index (χ4v) is 2.08. The predicted molar refractivity (Wildman–Crippen MR) is 53.2 cm³/mol. The maximum atomic E-state index is 11.0. The van der Waals surface area contributed by atoms with Gasteiger partial charge in [-0.25, -0.2) is 4.98 Å². The molecule has 6 heteroatoms. The van der Waals surface area contributed by atoms with E-state index in [2.05, 4.69) is 4.98 Å². The van der Waals surface area contributed by atoms with Gasteiger partial charge in [-0.15, -0.1) is 0 Å². The molecule has 2 heterocycles. The van der Waals surface area contributed by atoms with Gasteiger partial charge < -0.3 is 14.8 Å². The first-order chi connectivity index (χ1) is 7.59. The van der Waals surface area contributed by atoms with E-state index in [9.17, 15) is 9.59 Å². The van der Waals surface area contributed by atoms with E-state index in [0.29, 0.717) is 24.5 Å². The van der Waals surface area contributed by atoms with Crippen molar-refractivity contribution in [3.63, 3.8) is 0 Å². The SMILES string of the molecule is O=C(O)Cc1cnc2n1CCCC2C(=O)O. The lowest BCUT2D eigenvalue weighted by Gasteiger charge is -2.21. The molecule has 86 valence electrons. The second-order valence-electron chi connectivity index (χ2n) is 3.86. The molecule has 2 N–H and O–H groups in total. The number of fused-ring (bicyclic) bond motifs is 1. The first-order valence-corrected chi connectivity index (χ1v) is 5.08. The van der Waals surface area contributed by atoms with Crippen LogP contribution in [0.3, 0.4) is 0 Å². The number of nitrogens with zero attached hydrogens (tertiary/aromatic N) is 2. The maximum Gasteiger partial charge on any atom is 0.314 e. The molecule has 1 aliphatic heterocycles. The van der Waals surface area contributed by atoms with Crippen LogP contribution in [0.25, 0.3) is 0 Å². The standard InChI is InChI=1S/C10H12N2O4/c13-8(14)4-6-5-11-9-7(10(15)16)2-1-3-12(6)9/h5,7H,1-4H2,(H,13,14)(H,15,16). The van der Waals surface area contributed by atoms with Crippen LogP contribution in [0.1, 0.15) is 30.3 Å². The second kappa shape index (κ2) is 3.96. The summed E-state index contributed by atoms with van der Waals surface area (Å²) >= 11 is 0. The van der Waals surface area contributed by atoms with Crippen LogP contribution in [0, 0.1) is 0 Å². The molecule has 16 heavy (non-hydrogen) atoms. The maximum absolute atomic E-state index is 11.0. The number of aromatic nitrogens is 2. The van der Waals surface area contributed by atoms with Crippen LogP contribution in [-0.2, 0) is 22.6 Å². The Morgan fingerprint density at radius 3 is 2.88 bits per heavy atom. The molecular weight excluding hydrogens is 212 g/mol. The third-order valence-corrected chi connectivity index (χ3v) is 2.79. The molecule has 1 aliphatic rings. The van der Waals surface area contributed by atoms with Gasteiger partial charge in [0.05, 0.1) is 6.42 Å². The first-order valence-electron chi connectivity index (χ1n) is 5.08. The minimum absolute atomic E-state index is 0.112. The van der Waals surface area contributed by atoms with Crippen LogP contribution in [-0.4, -0.2) is 31.7 Å². The average molecular weight is 224 g/mol. The molecule has 1 aromatic rings. The van der Waals surface area contributed by atoms with Crippen molar-refractivity contribution in [2.75, 3.05) is 0 Å². The van der Waals surface area contributed by atoms with Gasteiger partial charge in [-0.3, -0.25) is 9.59 Å². The summed E-state index contributed by atoms with van der Waals surface area (Å²) in [5.74, 6) is -1.94. The molecule has 1 atom stereocenters. The molecule has 1 unspecified atom stereocenters. The average Bonchev–Trinajstić information content (AvgIpc) is 2.60. The van der Waals surface area contributed by atoms with E-state index in [1.54, 1.807) is 4.57 Å². The summed E-state index contributed by atoms with van der Waals surface area (Å²) in [6.07, 6.45) is 2.66. The highest BCUT2D eigenvalue weighted by atomic mass is 16.4. The van der Waals surface area contributed by atoms with Crippen LogP contribution in [0.15, 0.2) is 6.20 Å². The Bertz CT molecular complexity index is 438. The van der Waals surface area contributed by atoms with Crippen molar-refractivity contribution < 1.29 is 19.8 Å². The minimum Gasteiger partial charge on any atom is -0.481 e. The monoisotopic (exact) mass is 224 g/mol. The number of imidazole rings is 1. The highest BCUT2D eigenvalue weighted by Crippen LogP contribution is 2.27. The molecule has 0 aromatic carbocycles. The Morgan fingerprint density at radius 1 is 1.50 bits per heavy atom. The number of carboxylic acids is 2. The number of carboxylic acid groups (broad SMARTS) is 2. The predicted octanol–water partition coefficient (Wildman–Crippen LogP) is 0.472. The van der Waals surface area contributed by atoms with Crippen molar-refractivity contribution in [2.45, 2.75) is 31.7 Å². The zero-order valence-electron chi connectivity index (χ0n) is 8.59. The molecule has 0 bridgehead atoms. The van der Waals surface area contributed by atoms with Gasteiger partial charge in [0.15, 0.2) is 0 Å². The summed E-state index contributed by atoms with van der Waals surface area (Å²) in [5.41, 5.74) is 0.577. The Labute approximate surface area is 91.5 Å². The van der Waals surface area contributed by atoms with Gasteiger partial charge in [-0.1, -0.05) is 0 Å². The number of aliphatic carboxylic acids is 2. The van der Waals surface area contributed by atoms with E-state index in [1.165, 1.54) is 6.20 Å². The van der Waals surface area contributed by atoms with Gasteiger partial charge in [0, 0.05) is 18.4 Å². The Kier molecular flexibility index (Phi) is 2.64. The molecule has 0 fully saturated rings. The highest BCUT2D eigenvalue weighted by molar-refractivity contribution is 5.75. The summed E-state index contributed by atoms with van der Waals surface area (Å²) in [5, 5.41) is 17.7. The van der Waals surface area contributed by atoms with Crippen molar-refractivity contribution in [2.24, 2.45) is 0 Å². The van der Waals surface area contributed by atoms with E-state index in [1.807, 2.05) is 0 Å². The Morgan fingerprint density at radius 2 is 2.25 bits per heavy atom. The molecule has 0 spiro atoms. The summed E-state index contributed by atoms with van der Waals surface area (Å²) in [7, 11) is 0. The molecule has 0 saturated heterocycles. The van der Waals surface area contributed by atoms with Gasteiger partial charge in [0.25, 0.3) is 0 Å². The zero-order valence-corrected chi connectivity index (χ0v) is 8.59. The Hall–Kier alpha value is -1.85. The van der Waals surface area contributed by atoms with Gasteiger partial charge in [-0.2, -0.15) is 0 Å². The molecule has 0 radical (unpaired) electrons. The van der Waals surface area contributed by atoms with Crippen LogP contribution in [0.5, 0.6) is 0 Å². The molecular formula is C10H12N2O4. The van der Waals surface area contributed by atoms with Crippen molar-refractivity contribution in [1.82, 2.24) is 9.55 Å². The van der Waals surface area contributed by atoms with Gasteiger partial charge >= 0.3 is 11.9 Å². The molecule has 0 saturated carbocycles. The molecule has 2 rings (SSSR count). The zero-order chi connectivity index (χ0) is 11.7. The van der Waals surface area contributed by atoms with Gasteiger partial charge in [0.1, 0.15) is 11.7 Å². The smallest absolute Gasteiger partial charge is 0.314 e. The topological polar surface area (TPSA) is 92.4 Å². The van der Waals surface area contributed by atoms with Crippen LogP contribution in [0.4, 0.5) is 0 Å². The fourth-order valence-electron chi connectivity index (χ4n) is 2.08. The van der Waals surface area contributed by atoms with Crippen molar-refractivity contribution in [3.8, 4) is 0 Å². The summed E-state index contributed by atoms with van der Waals surface area (Å²) in [4.78, 5) is 25.6. The lowest BCUT2D eigenvalue weighted by Crippen LogP contribution is -2.23. The number of carbonyl (C=O) groups is 2. The van der Waals surface area contributed by atoms with Crippen molar-refractivity contribution in [1.29, 1.82) is 0 Å². The minimum atomic E-state index is -0.930. The number of hydrogen-bond donors (Lipinski definition) is 2. The van der Waals surface area contributed by atoms with E-state index < -0.39 is 17.9 Å².